The van der Waals surface area contributed by atoms with Crippen LogP contribution in [0.5, 0.6) is 0 Å². The second-order valence-electron chi connectivity index (χ2n) is 6.83. The first-order valence-corrected chi connectivity index (χ1v) is 11.1. The van der Waals surface area contributed by atoms with E-state index in [1.165, 1.54) is 0 Å². The number of H-pyrrole nitrogens is 1. The first-order chi connectivity index (χ1) is 14.0. The van der Waals surface area contributed by atoms with E-state index in [9.17, 15) is 8.42 Å². The number of hydrogen-bond acceptors (Lipinski definition) is 3. The highest BCUT2D eigenvalue weighted by Gasteiger charge is 2.15. The van der Waals surface area contributed by atoms with Crippen molar-refractivity contribution in [2.24, 2.45) is 0 Å². The van der Waals surface area contributed by atoms with Gasteiger partial charge in [0.15, 0.2) is 0 Å². The second kappa shape index (κ2) is 8.03. The predicted molar refractivity (Wildman–Crippen MR) is 117 cm³/mol. The van der Waals surface area contributed by atoms with Crippen LogP contribution in [0.1, 0.15) is 5.56 Å². The van der Waals surface area contributed by atoms with E-state index in [0.29, 0.717) is 0 Å². The van der Waals surface area contributed by atoms with E-state index >= 15 is 0 Å². The van der Waals surface area contributed by atoms with Gasteiger partial charge < -0.3 is 4.98 Å². The maximum atomic E-state index is 11.3. The number of imidazole rings is 1. The van der Waals surface area contributed by atoms with Gasteiger partial charge >= 0.3 is 0 Å². The zero-order chi connectivity index (χ0) is 20.3. The van der Waals surface area contributed by atoms with Crippen molar-refractivity contribution in [3.8, 4) is 33.9 Å². The van der Waals surface area contributed by atoms with E-state index in [1.807, 2.05) is 72.8 Å². The molecule has 0 aliphatic heterocycles. The molecule has 0 saturated carbocycles. The summed E-state index contributed by atoms with van der Waals surface area (Å²) >= 11 is 0. The molecule has 0 amide bonds. The molecule has 6 heteroatoms. The van der Waals surface area contributed by atoms with Crippen LogP contribution in [0.15, 0.2) is 84.9 Å². The molecule has 0 aliphatic carbocycles. The minimum atomic E-state index is -3.22. The minimum Gasteiger partial charge on any atom is -0.337 e. The highest BCUT2D eigenvalue weighted by atomic mass is 32.2. The van der Waals surface area contributed by atoms with Crippen LogP contribution in [-0.2, 0) is 16.6 Å². The van der Waals surface area contributed by atoms with Crippen molar-refractivity contribution in [2.45, 2.75) is 6.54 Å². The Balaban J connectivity index is 1.71. The van der Waals surface area contributed by atoms with Crippen molar-refractivity contribution in [2.75, 3.05) is 6.26 Å². The van der Waals surface area contributed by atoms with Gasteiger partial charge in [-0.1, -0.05) is 84.9 Å². The van der Waals surface area contributed by atoms with E-state index in [-0.39, 0.29) is 6.54 Å². The predicted octanol–water partition coefficient (Wildman–Crippen LogP) is 4.46. The number of aromatic nitrogens is 2. The molecule has 2 N–H and O–H groups in total. The lowest BCUT2D eigenvalue weighted by Crippen LogP contribution is -2.21. The summed E-state index contributed by atoms with van der Waals surface area (Å²) in [7, 11) is -3.22. The Bertz CT molecular complexity index is 1140. The Hall–Kier alpha value is -3.22. The number of benzene rings is 3. The van der Waals surface area contributed by atoms with Crippen LogP contribution in [0.3, 0.4) is 0 Å². The Morgan fingerprint density at radius 1 is 0.793 bits per heavy atom. The third-order valence-electron chi connectivity index (χ3n) is 4.58. The van der Waals surface area contributed by atoms with Gasteiger partial charge in [0.2, 0.25) is 10.0 Å². The molecule has 29 heavy (non-hydrogen) atoms. The lowest BCUT2D eigenvalue weighted by Gasteiger charge is -2.03. The van der Waals surface area contributed by atoms with Gasteiger partial charge in [-0.15, -0.1) is 0 Å². The summed E-state index contributed by atoms with van der Waals surface area (Å²) < 4.78 is 25.1. The van der Waals surface area contributed by atoms with Crippen LogP contribution in [0.25, 0.3) is 33.9 Å². The highest BCUT2D eigenvalue weighted by Crippen LogP contribution is 2.32. The third kappa shape index (κ3) is 4.62. The zero-order valence-electron chi connectivity index (χ0n) is 16.0. The topological polar surface area (TPSA) is 74.8 Å². The van der Waals surface area contributed by atoms with Crippen molar-refractivity contribution < 1.29 is 8.42 Å². The summed E-state index contributed by atoms with van der Waals surface area (Å²) in [6, 6.07) is 27.9. The van der Waals surface area contributed by atoms with Crippen LogP contribution in [0.2, 0.25) is 0 Å². The summed E-state index contributed by atoms with van der Waals surface area (Å²) in [4.78, 5) is 8.34. The number of hydrogen-bond donors (Lipinski definition) is 2. The van der Waals surface area contributed by atoms with Gasteiger partial charge in [0.1, 0.15) is 5.82 Å². The van der Waals surface area contributed by atoms with Crippen molar-refractivity contribution in [1.82, 2.24) is 14.7 Å². The number of nitrogens with one attached hydrogen (secondary N) is 2. The molecular formula is C23H21N3O2S. The molecule has 0 unspecified atom stereocenters. The maximum Gasteiger partial charge on any atom is 0.209 e. The fraction of sp³-hybridized carbons (Fsp3) is 0.0870. The molecule has 0 atom stereocenters. The van der Waals surface area contributed by atoms with E-state index in [2.05, 4.69) is 21.8 Å². The molecule has 0 spiro atoms. The maximum absolute atomic E-state index is 11.3. The first-order valence-electron chi connectivity index (χ1n) is 9.24. The Labute approximate surface area is 170 Å². The summed E-state index contributed by atoms with van der Waals surface area (Å²) in [5.74, 6) is 0.769. The molecule has 5 nitrogen and oxygen atoms in total. The lowest BCUT2D eigenvalue weighted by molar-refractivity contribution is 0.587. The number of sulfonamides is 1. The van der Waals surface area contributed by atoms with Gasteiger partial charge in [-0.2, -0.15) is 0 Å². The lowest BCUT2D eigenvalue weighted by atomic mass is 10.1. The van der Waals surface area contributed by atoms with Crippen LogP contribution in [-0.4, -0.2) is 24.6 Å². The normalized spacial score (nSPS) is 11.5. The number of rotatable bonds is 6. The minimum absolute atomic E-state index is 0.266. The van der Waals surface area contributed by atoms with Crippen molar-refractivity contribution in [3.05, 3.63) is 90.5 Å². The van der Waals surface area contributed by atoms with Gasteiger partial charge in [-0.25, -0.2) is 18.1 Å². The fourth-order valence-electron chi connectivity index (χ4n) is 3.12. The third-order valence-corrected chi connectivity index (χ3v) is 5.25. The zero-order valence-corrected chi connectivity index (χ0v) is 16.8. The molecule has 0 saturated heterocycles. The van der Waals surface area contributed by atoms with E-state index in [0.717, 1.165) is 45.7 Å². The summed E-state index contributed by atoms with van der Waals surface area (Å²) in [5.41, 5.74) is 5.80. The van der Waals surface area contributed by atoms with Crippen molar-refractivity contribution >= 4 is 10.0 Å². The Morgan fingerprint density at radius 3 is 1.97 bits per heavy atom. The molecule has 0 aliphatic rings. The molecule has 4 rings (SSSR count). The van der Waals surface area contributed by atoms with Gasteiger partial charge in [0.25, 0.3) is 0 Å². The SMILES string of the molecule is CS(=O)(=O)NCc1ccc(-c2nc(-c3ccccc3)c(-c3ccccc3)[nH]2)cc1. The Morgan fingerprint density at radius 2 is 1.38 bits per heavy atom. The summed E-state index contributed by atoms with van der Waals surface area (Å²) in [6.07, 6.45) is 1.15. The summed E-state index contributed by atoms with van der Waals surface area (Å²) in [6.45, 7) is 0.266. The van der Waals surface area contributed by atoms with Crippen molar-refractivity contribution in [1.29, 1.82) is 0 Å². The largest absolute Gasteiger partial charge is 0.337 e. The molecule has 0 radical (unpaired) electrons. The number of nitrogens with zero attached hydrogens (tertiary/aromatic N) is 1. The number of aromatic amines is 1. The second-order valence-corrected chi connectivity index (χ2v) is 8.66. The molecule has 0 fully saturated rings. The van der Waals surface area contributed by atoms with Crippen molar-refractivity contribution in [3.63, 3.8) is 0 Å². The van der Waals surface area contributed by atoms with Crippen LogP contribution in [0.4, 0.5) is 0 Å². The Kier molecular flexibility index (Phi) is 5.29. The van der Waals surface area contributed by atoms with E-state index < -0.39 is 10.0 Å². The quantitative estimate of drug-likeness (QED) is 0.499. The smallest absolute Gasteiger partial charge is 0.209 e. The summed E-state index contributed by atoms with van der Waals surface area (Å²) in [5, 5.41) is 0. The van der Waals surface area contributed by atoms with Gasteiger partial charge in [-0.05, 0) is 5.56 Å². The average Bonchev–Trinajstić information content (AvgIpc) is 3.19. The molecule has 146 valence electrons. The molecule has 1 heterocycles. The molecule has 4 aromatic rings. The van der Waals surface area contributed by atoms with E-state index in [1.54, 1.807) is 0 Å². The van der Waals surface area contributed by atoms with E-state index in [4.69, 9.17) is 4.98 Å². The molecular weight excluding hydrogens is 382 g/mol. The first kappa shape index (κ1) is 19.1. The van der Waals surface area contributed by atoms with Gasteiger partial charge in [0.05, 0.1) is 17.6 Å². The van der Waals surface area contributed by atoms with Gasteiger partial charge in [-0.3, -0.25) is 0 Å². The molecule has 0 bridgehead atoms. The fourth-order valence-corrected chi connectivity index (χ4v) is 3.55. The van der Waals surface area contributed by atoms with Crippen LogP contribution in [0, 0.1) is 0 Å². The highest BCUT2D eigenvalue weighted by molar-refractivity contribution is 7.88. The average molecular weight is 404 g/mol. The van der Waals surface area contributed by atoms with Gasteiger partial charge in [0, 0.05) is 23.2 Å². The molecule has 3 aromatic carbocycles. The van der Waals surface area contributed by atoms with Crippen LogP contribution < -0.4 is 4.72 Å². The van der Waals surface area contributed by atoms with Crippen LogP contribution >= 0.6 is 0 Å². The standard InChI is InChI=1S/C23H21N3O2S/c1-29(27,28)24-16-17-12-14-20(15-13-17)23-25-21(18-8-4-2-5-9-18)22(26-23)19-10-6-3-7-11-19/h2-15,24H,16H2,1H3,(H,25,26). The molecule has 1 aromatic heterocycles. The monoisotopic (exact) mass is 403 g/mol.